The second kappa shape index (κ2) is 32.5. The minimum absolute atomic E-state index is 0.0371. The minimum Gasteiger partial charge on any atom is -0.351 e. The fourth-order valence-electron chi connectivity index (χ4n) is 13.6. The minimum atomic E-state index is -4.74. The van der Waals surface area contributed by atoms with Gasteiger partial charge in [-0.25, -0.2) is 0 Å². The predicted octanol–water partition coefficient (Wildman–Crippen LogP) is 5.70. The van der Waals surface area contributed by atoms with Gasteiger partial charge in [0.2, 0.25) is 65.0 Å². The Balaban J connectivity index is 1.37. The number of hydrogen-bond donors (Lipinski definition) is 4. The molecule has 2 aliphatic heterocycles. The topological polar surface area (TPSA) is 259 Å². The zero-order valence-electron chi connectivity index (χ0n) is 56.1. The molecule has 2 saturated heterocycles. The lowest BCUT2D eigenvalue weighted by Crippen LogP contribution is -2.64. The van der Waals surface area contributed by atoms with E-state index in [1.54, 1.807) is 20.8 Å². The van der Waals surface area contributed by atoms with Crippen molar-refractivity contribution >= 4 is 76.6 Å². The van der Waals surface area contributed by atoms with E-state index in [9.17, 15) is 56.3 Å². The molecular weight excluding hydrogens is 1220 g/mol. The van der Waals surface area contributed by atoms with Crippen molar-refractivity contribution in [3.05, 3.63) is 34.3 Å². The smallest absolute Gasteiger partial charge is 0.351 e. The summed E-state index contributed by atoms with van der Waals surface area (Å²) >= 11 is 6.12. The van der Waals surface area contributed by atoms with Gasteiger partial charge in [-0.05, 0) is 112 Å². The summed E-state index contributed by atoms with van der Waals surface area (Å²) in [6, 6.07) is -4.85. The number of carbonyl (C=O) groups excluding carboxylic acids is 11. The molecule has 6 rings (SSSR count). The summed E-state index contributed by atoms with van der Waals surface area (Å²) in [6.45, 7) is 11.2. The van der Waals surface area contributed by atoms with Crippen LogP contribution >= 0.6 is 11.6 Å². The van der Waals surface area contributed by atoms with E-state index in [0.717, 1.165) is 49.1 Å². The van der Waals surface area contributed by atoms with Crippen LogP contribution in [-0.2, 0) is 65.3 Å². The molecule has 22 nitrogen and oxygen atoms in total. The van der Waals surface area contributed by atoms with E-state index in [1.807, 2.05) is 27.7 Å². The van der Waals surface area contributed by atoms with E-state index in [2.05, 4.69) is 21.3 Å². The Kier molecular flexibility index (Phi) is 26.4. The Hall–Kier alpha value is -6.53. The molecule has 5 aliphatic rings. The first-order chi connectivity index (χ1) is 43.2. The fraction of sp³-hybridized carbons (Fsp3) is 0.742. The quantitative estimate of drug-likeness (QED) is 0.209. The third-order valence-corrected chi connectivity index (χ3v) is 19.8. The Morgan fingerprint density at radius 2 is 1.29 bits per heavy atom. The van der Waals surface area contributed by atoms with Gasteiger partial charge in [0.1, 0.15) is 48.3 Å². The molecule has 1 spiro atoms. The Morgan fingerprint density at radius 3 is 1.88 bits per heavy atom. The van der Waals surface area contributed by atoms with Gasteiger partial charge in [-0.1, -0.05) is 111 Å². The standard InChI is InChI=1S/C66H101ClF3N11O11/c1-13-41(6)56-63(91)81(45-25-26-45)38-54(84)75(8)37-55(85)78(11)51(35-43-20-15-14-16-21-43)62(90)76(9)36-52(82)72-48(28-24-44-23-27-46(47(67)34-44)66(68,69)70)61(89)80-31-19-22-49(80)59(87)74-65(29-17-18-30-65)64(92)79(12)57(40(4)5)60(88)71-42(7)33-53(83)77(10)50(32-39(2)3)58(86)73-56/h23,27,34,39-43,45,48-51,56-57H,13-22,24-26,28-33,35-38H2,1-12H3,(H,71,88)(H,72,82)(H,73,86)(H,74,87)/t41-,42+,48-,49-,50-,51-,56-,57-/m0/s1. The highest BCUT2D eigenvalue weighted by atomic mass is 35.5. The average molecular weight is 1320 g/mol. The molecule has 1 aromatic carbocycles. The van der Waals surface area contributed by atoms with Crippen LogP contribution in [0.4, 0.5) is 13.2 Å². The summed E-state index contributed by atoms with van der Waals surface area (Å²) in [5, 5.41) is 11.1. The van der Waals surface area contributed by atoms with Gasteiger partial charge in [-0.15, -0.1) is 0 Å². The van der Waals surface area contributed by atoms with Gasteiger partial charge in [0.15, 0.2) is 0 Å². The van der Waals surface area contributed by atoms with Crippen molar-refractivity contribution in [1.82, 2.24) is 55.6 Å². The molecule has 0 bridgehead atoms. The van der Waals surface area contributed by atoms with Crippen molar-refractivity contribution in [3.8, 4) is 0 Å². The first-order valence-corrected chi connectivity index (χ1v) is 33.5. The number of likely N-dealkylation sites (N-methyl/N-ethyl adjacent to an activating group) is 5. The van der Waals surface area contributed by atoms with Crippen LogP contribution in [0, 0.1) is 23.7 Å². The molecule has 11 amide bonds. The predicted molar refractivity (Wildman–Crippen MR) is 340 cm³/mol. The number of nitrogens with zero attached hydrogens (tertiary/aromatic N) is 7. The summed E-state index contributed by atoms with van der Waals surface area (Å²) in [6.07, 6.45) is 3.34. The number of aryl methyl sites for hydroxylation is 1. The molecule has 26 heteroatoms. The molecule has 4 N–H and O–H groups in total. The second-order valence-corrected chi connectivity index (χ2v) is 28.0. The van der Waals surface area contributed by atoms with Crippen LogP contribution in [0.5, 0.6) is 0 Å². The highest BCUT2D eigenvalue weighted by molar-refractivity contribution is 6.31. The average Bonchev–Trinajstić information content (AvgIpc) is 1.60. The second-order valence-electron chi connectivity index (χ2n) is 27.6. The number of fused-ring (bicyclic) bond motifs is 1. The number of hydrogen-bond acceptors (Lipinski definition) is 11. The molecule has 3 saturated carbocycles. The van der Waals surface area contributed by atoms with Crippen molar-refractivity contribution in [2.24, 2.45) is 23.7 Å². The molecule has 0 aromatic heterocycles. The molecule has 2 heterocycles. The number of alkyl halides is 3. The van der Waals surface area contributed by atoms with Crippen molar-refractivity contribution in [3.63, 3.8) is 0 Å². The normalized spacial score (nSPS) is 26.8. The lowest BCUT2D eigenvalue weighted by molar-refractivity contribution is -0.150. The molecule has 8 atom stereocenters. The highest BCUT2D eigenvalue weighted by Crippen LogP contribution is 2.37. The molecule has 514 valence electrons. The van der Waals surface area contributed by atoms with E-state index in [4.69, 9.17) is 11.6 Å². The first-order valence-electron chi connectivity index (χ1n) is 33.2. The Bertz CT molecular complexity index is 2850. The SMILES string of the molecule is CC[C@H](C)[C@@H]1NC(=O)[C@H](CC(C)C)N(C)C(=O)C[C@@H](C)NC(=O)[C@H](C(C)C)N(C)C(=O)C2(CCCC2)NC(=O)[C@@H]2CCCN2C(=O)[C@H](CCc2ccc(C(F)(F)F)c(Cl)c2)NC(=O)CN(C)C(=O)[C@H](CC2CCCCC2)N(C)C(=O)CN(C)C(=O)CN(C2CC2)C1=O. The molecule has 1 aromatic rings. The van der Waals surface area contributed by atoms with Crippen molar-refractivity contribution in [2.75, 3.05) is 61.4 Å². The number of amides is 11. The molecule has 3 aliphatic carbocycles. The zero-order valence-corrected chi connectivity index (χ0v) is 56.8. The van der Waals surface area contributed by atoms with E-state index in [1.165, 1.54) is 70.7 Å². The highest BCUT2D eigenvalue weighted by Gasteiger charge is 2.50. The van der Waals surface area contributed by atoms with Crippen molar-refractivity contribution in [1.29, 1.82) is 0 Å². The molecule has 5 fully saturated rings. The van der Waals surface area contributed by atoms with Gasteiger partial charge >= 0.3 is 6.18 Å². The van der Waals surface area contributed by atoms with E-state index >= 15 is 9.59 Å². The maximum Gasteiger partial charge on any atom is 0.417 e. The van der Waals surface area contributed by atoms with Crippen molar-refractivity contribution in [2.45, 2.75) is 231 Å². The first kappa shape index (κ1) is 74.5. The van der Waals surface area contributed by atoms with Crippen molar-refractivity contribution < 1.29 is 65.9 Å². The van der Waals surface area contributed by atoms with Gasteiger partial charge in [0.05, 0.1) is 23.7 Å². The van der Waals surface area contributed by atoms with E-state index < -0.39 is 161 Å². The molecule has 92 heavy (non-hydrogen) atoms. The number of nitrogens with one attached hydrogen (secondary N) is 4. The van der Waals surface area contributed by atoms with Gasteiger partial charge < -0.3 is 55.6 Å². The third-order valence-electron chi connectivity index (χ3n) is 19.5. The van der Waals surface area contributed by atoms with Gasteiger partial charge in [-0.2, -0.15) is 13.2 Å². The lowest BCUT2D eigenvalue weighted by atomic mass is 9.84. The van der Waals surface area contributed by atoms with Crippen LogP contribution in [0.1, 0.15) is 175 Å². The van der Waals surface area contributed by atoms with Crippen LogP contribution in [0.25, 0.3) is 0 Å². The summed E-state index contributed by atoms with van der Waals surface area (Å²) in [4.78, 5) is 170. The van der Waals surface area contributed by atoms with Crippen LogP contribution < -0.4 is 21.3 Å². The summed E-state index contributed by atoms with van der Waals surface area (Å²) in [7, 11) is 7.24. The Morgan fingerprint density at radius 1 is 0.652 bits per heavy atom. The summed E-state index contributed by atoms with van der Waals surface area (Å²) < 4.78 is 41.3. The maximum atomic E-state index is 15.0. The van der Waals surface area contributed by atoms with Crippen LogP contribution in [0.2, 0.25) is 5.02 Å². The van der Waals surface area contributed by atoms with Gasteiger partial charge in [-0.3, -0.25) is 52.7 Å². The van der Waals surface area contributed by atoms with E-state index in [0.29, 0.717) is 44.1 Å². The number of rotatable bonds is 11. The number of benzene rings is 1. The molecular formula is C66H101ClF3N11O11. The number of halogens is 4. The van der Waals surface area contributed by atoms with Gasteiger partial charge in [0, 0.05) is 60.3 Å². The van der Waals surface area contributed by atoms with Gasteiger partial charge in [0.25, 0.3) is 0 Å². The Labute approximate surface area is 545 Å². The van der Waals surface area contributed by atoms with Crippen LogP contribution in [0.15, 0.2) is 18.2 Å². The monoisotopic (exact) mass is 1320 g/mol. The lowest BCUT2D eigenvalue weighted by Gasteiger charge is -2.39. The maximum absolute atomic E-state index is 15.0. The van der Waals surface area contributed by atoms with Crippen LogP contribution in [-0.4, -0.2) is 215 Å². The summed E-state index contributed by atoms with van der Waals surface area (Å²) in [5.41, 5.74) is -2.24. The third kappa shape index (κ3) is 19.1. The molecule has 0 radical (unpaired) electrons. The fourth-order valence-corrected chi connectivity index (χ4v) is 13.9. The largest absolute Gasteiger partial charge is 0.417 e. The zero-order chi connectivity index (χ0) is 68.3. The summed E-state index contributed by atoms with van der Waals surface area (Å²) in [5.74, 6) is -7.54. The molecule has 0 unspecified atom stereocenters. The number of carbonyl (C=O) groups is 11. The van der Waals surface area contributed by atoms with Crippen LogP contribution in [0.3, 0.4) is 0 Å². The van der Waals surface area contributed by atoms with E-state index in [-0.39, 0.29) is 75.8 Å².